The molecule has 0 bridgehead atoms. The third kappa shape index (κ3) is 6.27. The Balaban J connectivity index is 0.00000187. The van der Waals surface area contributed by atoms with E-state index in [4.69, 9.17) is 16.2 Å². The molecule has 1 unspecified atom stereocenters. The molecule has 1 fully saturated rings. The molecule has 2 heterocycles. The van der Waals surface area contributed by atoms with Crippen LogP contribution in [0.4, 0.5) is 5.82 Å². The quantitative estimate of drug-likeness (QED) is 0.445. The number of hydrogen-bond acceptors (Lipinski definition) is 6. The van der Waals surface area contributed by atoms with Crippen LogP contribution in [-0.2, 0) is 21.1 Å². The summed E-state index contributed by atoms with van der Waals surface area (Å²) in [5.41, 5.74) is 14.0. The van der Waals surface area contributed by atoms with E-state index >= 15 is 0 Å². The number of hydrogen-bond donors (Lipinski definition) is 2. The van der Waals surface area contributed by atoms with Crippen molar-refractivity contribution in [2.24, 2.45) is 17.1 Å². The molecule has 2 aromatic heterocycles. The fraction of sp³-hybridized carbons (Fsp3) is 0.560. The van der Waals surface area contributed by atoms with Gasteiger partial charge in [0.2, 0.25) is 0 Å². The van der Waals surface area contributed by atoms with E-state index in [0.29, 0.717) is 18.2 Å². The van der Waals surface area contributed by atoms with Crippen molar-refractivity contribution in [3.05, 3.63) is 42.0 Å². The third-order valence-corrected chi connectivity index (χ3v) is 5.94. The van der Waals surface area contributed by atoms with Gasteiger partial charge in [0.15, 0.2) is 6.73 Å². The maximum Gasteiger partial charge on any atom is 0.312 e. The van der Waals surface area contributed by atoms with Crippen LogP contribution in [0.5, 0.6) is 0 Å². The van der Waals surface area contributed by atoms with Gasteiger partial charge in [-0.15, -0.1) is 0 Å². The van der Waals surface area contributed by atoms with E-state index in [1.807, 2.05) is 30.8 Å². The fourth-order valence-electron chi connectivity index (χ4n) is 4.13. The molecule has 0 aliphatic heterocycles. The minimum absolute atomic E-state index is 0.0299. The van der Waals surface area contributed by atoms with Crippen LogP contribution in [0.3, 0.4) is 0 Å². The van der Waals surface area contributed by atoms with E-state index in [2.05, 4.69) is 5.10 Å². The van der Waals surface area contributed by atoms with Crippen molar-refractivity contribution < 1.29 is 14.3 Å². The summed E-state index contributed by atoms with van der Waals surface area (Å²) in [6, 6.07) is 1.91. The van der Waals surface area contributed by atoms with Crippen LogP contribution in [0.15, 0.2) is 30.9 Å². The maximum atomic E-state index is 12.1. The fourth-order valence-corrected chi connectivity index (χ4v) is 4.13. The van der Waals surface area contributed by atoms with Crippen LogP contribution in [0, 0.1) is 11.3 Å². The van der Waals surface area contributed by atoms with Crippen LogP contribution in [-0.4, -0.2) is 26.6 Å². The highest BCUT2D eigenvalue weighted by Crippen LogP contribution is 2.36. The van der Waals surface area contributed by atoms with Gasteiger partial charge in [-0.1, -0.05) is 26.7 Å². The van der Waals surface area contributed by atoms with E-state index in [0.717, 1.165) is 35.8 Å². The molecule has 0 radical (unpaired) electrons. The predicted molar refractivity (Wildman–Crippen MR) is 131 cm³/mol. The minimum atomic E-state index is -0.584. The highest BCUT2D eigenvalue weighted by atomic mass is 16.5. The van der Waals surface area contributed by atoms with E-state index in [1.54, 1.807) is 37.7 Å². The van der Waals surface area contributed by atoms with Crippen molar-refractivity contribution in [3.63, 3.8) is 0 Å². The Morgan fingerprint density at radius 1 is 1.30 bits per heavy atom. The summed E-state index contributed by atoms with van der Waals surface area (Å²) in [7, 11) is 0. The first-order valence-electron chi connectivity index (χ1n) is 11.8. The molecule has 1 atom stereocenters. The van der Waals surface area contributed by atoms with Gasteiger partial charge in [-0.3, -0.25) is 9.48 Å². The van der Waals surface area contributed by atoms with E-state index < -0.39 is 5.41 Å². The molecule has 1 aliphatic carbocycles. The summed E-state index contributed by atoms with van der Waals surface area (Å²) in [6.45, 7) is 9.44. The predicted octanol–water partition coefficient (Wildman–Crippen LogP) is 4.51. The first-order chi connectivity index (χ1) is 15.8. The first kappa shape index (κ1) is 26.2. The van der Waals surface area contributed by atoms with Gasteiger partial charge >= 0.3 is 5.97 Å². The molecule has 1 saturated carbocycles. The number of rotatable bonds is 8. The van der Waals surface area contributed by atoms with Crippen molar-refractivity contribution in [3.8, 4) is 0 Å². The van der Waals surface area contributed by atoms with Crippen molar-refractivity contribution in [2.45, 2.75) is 79.5 Å². The lowest BCUT2D eigenvalue weighted by Crippen LogP contribution is -2.24. The van der Waals surface area contributed by atoms with Gasteiger partial charge in [-0.05, 0) is 45.6 Å². The molecule has 0 spiro atoms. The van der Waals surface area contributed by atoms with Crippen molar-refractivity contribution in [2.75, 3.05) is 5.73 Å². The molecule has 0 amide bonds. The molecule has 3 rings (SSSR count). The van der Waals surface area contributed by atoms with Gasteiger partial charge in [-0.25, -0.2) is 0 Å². The molecule has 182 valence electrons. The number of nitrogen functional groups attached to an aromatic ring is 1. The Labute approximate surface area is 197 Å². The molecular formula is C25H39N5O3. The number of nitrogens with zero attached hydrogens (tertiary/aromatic N) is 3. The topological polar surface area (TPSA) is 118 Å². The smallest absolute Gasteiger partial charge is 0.312 e. The maximum absolute atomic E-state index is 12.1. The number of ether oxygens (including phenoxy) is 1. The standard InChI is InChI=1S/C23H33N5O3.C2H6/c1-23(2,3)22(30)31-15-27-10-8-18(21(27)25)19(12-24)17-13-26-28(14-17)20(9-11-29)16-6-4-5-7-16;1-2/h8,10-14,16,20H,4-7,9,15,24-25H2,1-3H3;1-2H3/b19-12-;. The van der Waals surface area contributed by atoms with Crippen LogP contribution >= 0.6 is 0 Å². The van der Waals surface area contributed by atoms with Crippen LogP contribution in [0.25, 0.3) is 5.57 Å². The normalized spacial score (nSPS) is 15.6. The van der Waals surface area contributed by atoms with Gasteiger partial charge in [0, 0.05) is 41.7 Å². The third-order valence-electron chi connectivity index (χ3n) is 5.94. The van der Waals surface area contributed by atoms with Gasteiger partial charge in [0.05, 0.1) is 17.7 Å². The number of nitrogens with two attached hydrogens (primary N) is 2. The molecule has 2 aromatic rings. The number of aldehydes is 1. The highest BCUT2D eigenvalue weighted by Gasteiger charge is 2.27. The molecule has 4 N–H and O–H groups in total. The zero-order valence-corrected chi connectivity index (χ0v) is 20.6. The van der Waals surface area contributed by atoms with E-state index in [1.165, 1.54) is 19.0 Å². The molecule has 8 heteroatoms. The summed E-state index contributed by atoms with van der Waals surface area (Å²) >= 11 is 0. The van der Waals surface area contributed by atoms with Gasteiger partial charge in [-0.2, -0.15) is 5.10 Å². The number of esters is 1. The number of anilines is 1. The second-order valence-corrected chi connectivity index (χ2v) is 9.20. The minimum Gasteiger partial charge on any atom is -0.443 e. The summed E-state index contributed by atoms with van der Waals surface area (Å²) in [6.07, 6.45) is 13.0. The molecule has 0 aromatic carbocycles. The summed E-state index contributed by atoms with van der Waals surface area (Å²) in [5, 5.41) is 4.54. The first-order valence-corrected chi connectivity index (χ1v) is 11.8. The lowest BCUT2D eigenvalue weighted by atomic mass is 9.96. The Hall–Kier alpha value is -3.03. The number of carbonyl (C=O) groups is 2. The lowest BCUT2D eigenvalue weighted by molar-refractivity contribution is -0.156. The highest BCUT2D eigenvalue weighted by molar-refractivity contribution is 5.84. The van der Waals surface area contributed by atoms with Gasteiger partial charge < -0.3 is 25.6 Å². The average molecular weight is 458 g/mol. The van der Waals surface area contributed by atoms with Crippen molar-refractivity contribution in [1.29, 1.82) is 0 Å². The summed E-state index contributed by atoms with van der Waals surface area (Å²) in [4.78, 5) is 23.3. The lowest BCUT2D eigenvalue weighted by Gasteiger charge is -2.21. The van der Waals surface area contributed by atoms with Gasteiger partial charge in [0.1, 0.15) is 12.1 Å². The van der Waals surface area contributed by atoms with Crippen LogP contribution in [0.2, 0.25) is 0 Å². The van der Waals surface area contributed by atoms with E-state index in [9.17, 15) is 9.59 Å². The average Bonchev–Trinajstić information content (AvgIpc) is 3.55. The Morgan fingerprint density at radius 3 is 2.55 bits per heavy atom. The zero-order chi connectivity index (χ0) is 24.6. The molecule has 0 saturated heterocycles. The number of carbonyl (C=O) groups excluding carboxylic acids is 2. The van der Waals surface area contributed by atoms with Crippen LogP contribution in [0.1, 0.15) is 83.9 Å². The monoisotopic (exact) mass is 457 g/mol. The Bertz CT molecular complexity index is 946. The molecular weight excluding hydrogens is 418 g/mol. The second kappa shape index (κ2) is 11.7. The Kier molecular flexibility index (Phi) is 9.32. The second-order valence-electron chi connectivity index (χ2n) is 9.20. The summed E-state index contributed by atoms with van der Waals surface area (Å²) < 4.78 is 8.93. The SMILES string of the molecule is CC.CC(C)(C)C(=O)OCn1ccc(/C(=C\N)c2cnn(C(CC=O)C3CCCC3)c2)c1N. The number of aromatic nitrogens is 3. The summed E-state index contributed by atoms with van der Waals surface area (Å²) in [5.74, 6) is 0.615. The zero-order valence-electron chi connectivity index (χ0n) is 20.6. The molecule has 8 nitrogen and oxygen atoms in total. The Morgan fingerprint density at radius 2 is 1.97 bits per heavy atom. The molecule has 1 aliphatic rings. The largest absolute Gasteiger partial charge is 0.443 e. The van der Waals surface area contributed by atoms with Crippen molar-refractivity contribution in [1.82, 2.24) is 14.3 Å². The van der Waals surface area contributed by atoms with E-state index in [-0.39, 0.29) is 18.7 Å². The van der Waals surface area contributed by atoms with Crippen LogP contribution < -0.4 is 11.5 Å². The van der Waals surface area contributed by atoms with Crippen molar-refractivity contribution >= 4 is 23.6 Å². The van der Waals surface area contributed by atoms with Gasteiger partial charge in [0.25, 0.3) is 0 Å². The molecule has 33 heavy (non-hydrogen) atoms.